The summed E-state index contributed by atoms with van der Waals surface area (Å²) in [5.41, 5.74) is 1.97. The summed E-state index contributed by atoms with van der Waals surface area (Å²) in [5, 5.41) is 8.65. The van der Waals surface area contributed by atoms with Crippen LogP contribution in [0, 0.1) is 0 Å². The summed E-state index contributed by atoms with van der Waals surface area (Å²) in [4.78, 5) is 15.4. The van der Waals surface area contributed by atoms with Crippen molar-refractivity contribution in [3.63, 3.8) is 0 Å². The fourth-order valence-corrected chi connectivity index (χ4v) is 1.56. The molecule has 2 rings (SSSR count). The Labute approximate surface area is 91.6 Å². The molecule has 1 aromatic carbocycles. The van der Waals surface area contributed by atoms with Crippen LogP contribution in [-0.2, 0) is 6.54 Å². The van der Waals surface area contributed by atoms with E-state index in [4.69, 9.17) is 9.52 Å². The fraction of sp³-hybridized carbons (Fsp3) is 0.273. The second-order valence-electron chi connectivity index (χ2n) is 3.46. The van der Waals surface area contributed by atoms with Crippen LogP contribution < -0.4 is 5.76 Å². The molecule has 0 saturated carbocycles. The second kappa shape index (κ2) is 4.32. The van der Waals surface area contributed by atoms with E-state index >= 15 is 0 Å². The highest BCUT2D eigenvalue weighted by Gasteiger charge is 2.08. The maximum Gasteiger partial charge on any atom is 0.420 e. The molecule has 16 heavy (non-hydrogen) atoms. The van der Waals surface area contributed by atoms with Crippen molar-refractivity contribution in [3.8, 4) is 0 Å². The number of hydrogen-bond donors (Lipinski definition) is 1. The summed E-state index contributed by atoms with van der Waals surface area (Å²) in [6, 6.07) is 7.20. The first-order chi connectivity index (χ1) is 7.72. The Hall–Kier alpha value is -1.88. The molecule has 0 spiro atoms. The summed E-state index contributed by atoms with van der Waals surface area (Å²) in [7, 11) is 0. The molecule has 2 aromatic rings. The minimum atomic E-state index is -0.409. The minimum Gasteiger partial charge on any atom is -0.408 e. The van der Waals surface area contributed by atoms with Crippen molar-refractivity contribution in [3.05, 3.63) is 34.8 Å². The maximum atomic E-state index is 11.6. The smallest absolute Gasteiger partial charge is 0.408 e. The van der Waals surface area contributed by atoms with Gasteiger partial charge in [-0.05, 0) is 19.1 Å². The number of rotatable bonds is 3. The quantitative estimate of drug-likeness (QED) is 0.785. The van der Waals surface area contributed by atoms with Crippen LogP contribution in [0.15, 0.2) is 38.5 Å². The summed E-state index contributed by atoms with van der Waals surface area (Å²) < 4.78 is 6.56. The Morgan fingerprint density at radius 2 is 2.25 bits per heavy atom. The molecule has 0 radical (unpaired) electrons. The van der Waals surface area contributed by atoms with Gasteiger partial charge in [0.2, 0.25) is 0 Å². The van der Waals surface area contributed by atoms with E-state index in [0.717, 1.165) is 5.52 Å². The van der Waals surface area contributed by atoms with Crippen LogP contribution in [0.25, 0.3) is 11.1 Å². The van der Waals surface area contributed by atoms with Gasteiger partial charge in [-0.3, -0.25) is 9.56 Å². The zero-order valence-corrected chi connectivity index (χ0v) is 8.88. The predicted molar refractivity (Wildman–Crippen MR) is 60.7 cm³/mol. The SMILES string of the molecule is CC(Cn1c(=O)oc2ccccc21)=NCO. The van der Waals surface area contributed by atoms with Gasteiger partial charge in [0.25, 0.3) is 0 Å². The van der Waals surface area contributed by atoms with E-state index in [1.165, 1.54) is 4.57 Å². The lowest BCUT2D eigenvalue weighted by molar-refractivity contribution is 0.309. The number of para-hydroxylation sites is 2. The van der Waals surface area contributed by atoms with Crippen molar-refractivity contribution in [2.45, 2.75) is 13.5 Å². The number of oxazole rings is 1. The molecule has 0 bridgehead atoms. The summed E-state index contributed by atoms with van der Waals surface area (Å²) in [6.45, 7) is 1.82. The molecule has 1 N–H and O–H groups in total. The first-order valence-corrected chi connectivity index (χ1v) is 4.91. The van der Waals surface area contributed by atoms with Gasteiger partial charge in [0, 0.05) is 5.71 Å². The van der Waals surface area contributed by atoms with Gasteiger partial charge in [-0.25, -0.2) is 4.79 Å². The highest BCUT2D eigenvalue weighted by Crippen LogP contribution is 2.11. The number of hydrogen-bond acceptors (Lipinski definition) is 4. The summed E-state index contributed by atoms with van der Waals surface area (Å²) >= 11 is 0. The summed E-state index contributed by atoms with van der Waals surface area (Å²) in [6.07, 6.45) is 0. The Morgan fingerprint density at radius 3 is 3.00 bits per heavy atom. The normalized spacial score (nSPS) is 12.2. The van der Waals surface area contributed by atoms with Crippen molar-refractivity contribution in [1.82, 2.24) is 4.57 Å². The van der Waals surface area contributed by atoms with E-state index in [1.807, 2.05) is 18.2 Å². The number of aliphatic hydroxyl groups is 1. The van der Waals surface area contributed by atoms with Crippen molar-refractivity contribution >= 4 is 16.8 Å². The van der Waals surface area contributed by atoms with Crippen LogP contribution in [0.1, 0.15) is 6.92 Å². The number of aliphatic hydroxyl groups excluding tert-OH is 1. The lowest BCUT2D eigenvalue weighted by Crippen LogP contribution is -2.18. The van der Waals surface area contributed by atoms with Gasteiger partial charge >= 0.3 is 5.76 Å². The van der Waals surface area contributed by atoms with E-state index in [9.17, 15) is 4.79 Å². The second-order valence-corrected chi connectivity index (χ2v) is 3.46. The largest absolute Gasteiger partial charge is 0.420 e. The Bertz CT molecular complexity index is 580. The molecule has 0 amide bonds. The van der Waals surface area contributed by atoms with E-state index < -0.39 is 5.76 Å². The molecule has 0 aliphatic heterocycles. The van der Waals surface area contributed by atoms with Gasteiger partial charge in [-0.1, -0.05) is 12.1 Å². The van der Waals surface area contributed by atoms with Crippen molar-refractivity contribution in [2.75, 3.05) is 6.73 Å². The van der Waals surface area contributed by atoms with Gasteiger partial charge in [-0.15, -0.1) is 0 Å². The highest BCUT2D eigenvalue weighted by atomic mass is 16.4. The molecule has 0 atom stereocenters. The molecular weight excluding hydrogens is 208 g/mol. The Kier molecular flexibility index (Phi) is 2.87. The monoisotopic (exact) mass is 220 g/mol. The Balaban J connectivity index is 2.48. The maximum absolute atomic E-state index is 11.6. The van der Waals surface area contributed by atoms with Gasteiger partial charge in [0.05, 0.1) is 12.1 Å². The molecule has 0 saturated heterocycles. The third-order valence-corrected chi connectivity index (χ3v) is 2.30. The van der Waals surface area contributed by atoms with E-state index in [0.29, 0.717) is 17.8 Å². The van der Waals surface area contributed by atoms with Gasteiger partial charge < -0.3 is 9.52 Å². The molecule has 0 unspecified atom stereocenters. The van der Waals surface area contributed by atoms with E-state index in [1.54, 1.807) is 13.0 Å². The third kappa shape index (κ3) is 1.90. The minimum absolute atomic E-state index is 0.267. The molecule has 5 heteroatoms. The lowest BCUT2D eigenvalue weighted by Gasteiger charge is -2.00. The standard InChI is InChI=1S/C11H12N2O3/c1-8(12-7-14)6-13-9-4-2-3-5-10(9)16-11(13)15/h2-5,14H,6-7H2,1H3. The highest BCUT2D eigenvalue weighted by molar-refractivity contribution is 5.83. The van der Waals surface area contributed by atoms with Crippen LogP contribution in [0.5, 0.6) is 0 Å². The summed E-state index contributed by atoms with van der Waals surface area (Å²) in [5.74, 6) is -0.409. The van der Waals surface area contributed by atoms with Crippen LogP contribution in [0.4, 0.5) is 0 Å². The molecule has 0 aliphatic carbocycles. The molecular formula is C11H12N2O3. The molecule has 1 heterocycles. The first-order valence-electron chi connectivity index (χ1n) is 4.91. The molecule has 0 aliphatic rings. The van der Waals surface area contributed by atoms with Crippen LogP contribution in [-0.4, -0.2) is 22.1 Å². The third-order valence-electron chi connectivity index (χ3n) is 2.30. The lowest BCUT2D eigenvalue weighted by atomic mass is 10.3. The van der Waals surface area contributed by atoms with E-state index in [2.05, 4.69) is 4.99 Å². The van der Waals surface area contributed by atoms with Crippen molar-refractivity contribution in [2.24, 2.45) is 4.99 Å². The average Bonchev–Trinajstić information content (AvgIpc) is 2.56. The Morgan fingerprint density at radius 1 is 1.50 bits per heavy atom. The van der Waals surface area contributed by atoms with Crippen LogP contribution in [0.3, 0.4) is 0 Å². The zero-order valence-electron chi connectivity index (χ0n) is 8.88. The number of benzene rings is 1. The topological polar surface area (TPSA) is 67.7 Å². The van der Waals surface area contributed by atoms with E-state index in [-0.39, 0.29) is 6.73 Å². The molecule has 5 nitrogen and oxygen atoms in total. The number of aliphatic imine (C=N–C) groups is 1. The van der Waals surface area contributed by atoms with Gasteiger partial charge in [0.15, 0.2) is 5.58 Å². The number of aromatic nitrogens is 1. The van der Waals surface area contributed by atoms with Gasteiger partial charge in [-0.2, -0.15) is 0 Å². The molecule has 0 fully saturated rings. The van der Waals surface area contributed by atoms with Gasteiger partial charge in [0.1, 0.15) is 6.73 Å². The number of nitrogens with zero attached hydrogens (tertiary/aromatic N) is 2. The fourth-order valence-electron chi connectivity index (χ4n) is 1.56. The van der Waals surface area contributed by atoms with Crippen LogP contribution >= 0.6 is 0 Å². The van der Waals surface area contributed by atoms with Crippen molar-refractivity contribution in [1.29, 1.82) is 0 Å². The number of fused-ring (bicyclic) bond motifs is 1. The zero-order chi connectivity index (χ0) is 11.5. The molecule has 84 valence electrons. The predicted octanol–water partition coefficient (Wildman–Crippen LogP) is 1.01. The first kappa shape index (κ1) is 10.6. The molecule has 1 aromatic heterocycles. The van der Waals surface area contributed by atoms with Crippen LogP contribution in [0.2, 0.25) is 0 Å². The van der Waals surface area contributed by atoms with Crippen molar-refractivity contribution < 1.29 is 9.52 Å². The average molecular weight is 220 g/mol.